The molecule has 15 heavy (non-hydrogen) atoms. The van der Waals surface area contributed by atoms with Crippen LogP contribution in [0, 0.1) is 5.41 Å². The molecule has 0 aliphatic carbocycles. The van der Waals surface area contributed by atoms with Crippen molar-refractivity contribution in [1.82, 2.24) is 9.78 Å². The second-order valence-corrected chi connectivity index (χ2v) is 3.72. The summed E-state index contributed by atoms with van der Waals surface area (Å²) >= 11 is 0. The van der Waals surface area contributed by atoms with Crippen LogP contribution in [0.1, 0.15) is 13.8 Å². The van der Waals surface area contributed by atoms with Gasteiger partial charge in [-0.15, -0.1) is 0 Å². The Morgan fingerprint density at radius 3 is 2.53 bits per heavy atom. The second kappa shape index (κ2) is 3.72. The molecule has 1 rings (SSSR count). The van der Waals surface area contributed by atoms with Gasteiger partial charge in [-0.1, -0.05) is 0 Å². The molecule has 1 aromatic rings. The third-order valence-electron chi connectivity index (χ3n) is 2.16. The minimum absolute atomic E-state index is 0.467. The quantitative estimate of drug-likeness (QED) is 0.712. The number of hydrogen-bond acceptors (Lipinski definition) is 3. The molecule has 1 aromatic heterocycles. The highest BCUT2D eigenvalue weighted by molar-refractivity contribution is 6.07. The van der Waals surface area contributed by atoms with Crippen LogP contribution in [-0.4, -0.2) is 26.8 Å². The van der Waals surface area contributed by atoms with Crippen LogP contribution in [0.25, 0.3) is 0 Å². The van der Waals surface area contributed by atoms with Gasteiger partial charge in [0, 0.05) is 13.1 Å². The first-order valence-corrected chi connectivity index (χ1v) is 4.38. The lowest BCUT2D eigenvalue weighted by molar-refractivity contribution is -0.151. The number of aryl methyl sites for hydroxylation is 1. The van der Waals surface area contributed by atoms with Gasteiger partial charge in [0.05, 0.1) is 6.20 Å². The normalized spacial score (nSPS) is 11.1. The first-order valence-electron chi connectivity index (χ1n) is 4.38. The maximum atomic E-state index is 11.6. The number of carboxylic acid groups (broad SMARTS) is 1. The topological polar surface area (TPSA) is 84.2 Å². The molecule has 0 bridgehead atoms. The predicted molar refractivity (Wildman–Crippen MR) is 53.3 cm³/mol. The number of carbonyl (C=O) groups is 2. The van der Waals surface area contributed by atoms with E-state index in [-0.39, 0.29) is 0 Å². The highest BCUT2D eigenvalue weighted by Gasteiger charge is 2.36. The number of carboxylic acids is 1. The second-order valence-electron chi connectivity index (χ2n) is 3.72. The first kappa shape index (κ1) is 11.2. The fourth-order valence-electron chi connectivity index (χ4n) is 0.866. The van der Waals surface area contributed by atoms with Gasteiger partial charge < -0.3 is 10.4 Å². The molecule has 6 heteroatoms. The van der Waals surface area contributed by atoms with E-state index >= 15 is 0 Å². The van der Waals surface area contributed by atoms with Crippen molar-refractivity contribution in [3.05, 3.63) is 12.3 Å². The summed E-state index contributed by atoms with van der Waals surface area (Å²) in [6.07, 6.45) is 1.52. The van der Waals surface area contributed by atoms with Gasteiger partial charge in [0.25, 0.3) is 0 Å². The number of carbonyl (C=O) groups excluding carboxylic acids is 1. The molecule has 0 aliphatic heterocycles. The van der Waals surface area contributed by atoms with Crippen LogP contribution in [0.15, 0.2) is 12.3 Å². The van der Waals surface area contributed by atoms with Crippen LogP contribution in [0.5, 0.6) is 0 Å². The predicted octanol–water partition coefficient (Wildman–Crippen LogP) is 0.469. The van der Waals surface area contributed by atoms with Crippen LogP contribution < -0.4 is 5.32 Å². The molecule has 82 valence electrons. The molecular formula is C9H13N3O3. The van der Waals surface area contributed by atoms with E-state index in [1.807, 2.05) is 0 Å². The molecule has 0 atom stereocenters. The number of amides is 1. The zero-order valence-corrected chi connectivity index (χ0v) is 8.81. The average molecular weight is 211 g/mol. The molecular weight excluding hydrogens is 198 g/mol. The number of aliphatic carboxylic acids is 1. The van der Waals surface area contributed by atoms with E-state index in [1.165, 1.54) is 24.7 Å². The van der Waals surface area contributed by atoms with Crippen molar-refractivity contribution < 1.29 is 14.7 Å². The summed E-state index contributed by atoms with van der Waals surface area (Å²) in [5, 5.41) is 15.2. The molecule has 0 aliphatic rings. The maximum absolute atomic E-state index is 11.6. The Morgan fingerprint density at radius 1 is 1.53 bits per heavy atom. The fraction of sp³-hybridized carbons (Fsp3) is 0.444. The zero-order chi connectivity index (χ0) is 11.6. The Labute approximate surface area is 86.9 Å². The highest BCUT2D eigenvalue weighted by Crippen LogP contribution is 2.18. The zero-order valence-electron chi connectivity index (χ0n) is 8.81. The van der Waals surface area contributed by atoms with Gasteiger partial charge in [0.2, 0.25) is 5.91 Å². The Hall–Kier alpha value is -1.85. The SMILES string of the molecule is Cn1nccc1NC(=O)C(C)(C)C(=O)O. The molecule has 0 aromatic carbocycles. The van der Waals surface area contributed by atoms with Crippen molar-refractivity contribution >= 4 is 17.7 Å². The molecule has 0 radical (unpaired) electrons. The van der Waals surface area contributed by atoms with Crippen molar-refractivity contribution in [2.24, 2.45) is 12.5 Å². The molecule has 2 N–H and O–H groups in total. The van der Waals surface area contributed by atoms with E-state index in [0.29, 0.717) is 5.82 Å². The lowest BCUT2D eigenvalue weighted by Gasteiger charge is -2.18. The smallest absolute Gasteiger partial charge is 0.318 e. The number of nitrogens with zero attached hydrogens (tertiary/aromatic N) is 2. The minimum atomic E-state index is -1.45. The van der Waals surface area contributed by atoms with E-state index in [9.17, 15) is 9.59 Å². The van der Waals surface area contributed by atoms with Gasteiger partial charge in [0.15, 0.2) is 0 Å². The van der Waals surface area contributed by atoms with Gasteiger partial charge >= 0.3 is 5.97 Å². The third-order valence-corrected chi connectivity index (χ3v) is 2.16. The van der Waals surface area contributed by atoms with E-state index in [0.717, 1.165) is 0 Å². The Balaban J connectivity index is 2.81. The minimum Gasteiger partial charge on any atom is -0.480 e. The summed E-state index contributed by atoms with van der Waals surface area (Å²) in [5.74, 6) is -1.27. The molecule has 1 heterocycles. The Kier molecular flexibility index (Phi) is 2.78. The summed E-state index contributed by atoms with van der Waals surface area (Å²) < 4.78 is 1.45. The molecule has 1 amide bonds. The Morgan fingerprint density at radius 2 is 2.13 bits per heavy atom. The molecule has 0 unspecified atom stereocenters. The summed E-state index contributed by atoms with van der Waals surface area (Å²) in [4.78, 5) is 22.4. The molecule has 6 nitrogen and oxygen atoms in total. The molecule has 0 saturated heterocycles. The van der Waals surface area contributed by atoms with Gasteiger partial charge in [-0.05, 0) is 13.8 Å². The monoisotopic (exact) mass is 211 g/mol. The average Bonchev–Trinajstić information content (AvgIpc) is 2.51. The number of hydrogen-bond donors (Lipinski definition) is 2. The number of nitrogens with one attached hydrogen (secondary N) is 1. The number of aromatic nitrogens is 2. The van der Waals surface area contributed by atoms with Gasteiger partial charge in [-0.3, -0.25) is 14.3 Å². The van der Waals surface area contributed by atoms with Crippen molar-refractivity contribution in [2.45, 2.75) is 13.8 Å². The largest absolute Gasteiger partial charge is 0.480 e. The van der Waals surface area contributed by atoms with Crippen LogP contribution in [0.2, 0.25) is 0 Å². The van der Waals surface area contributed by atoms with Crippen molar-refractivity contribution in [1.29, 1.82) is 0 Å². The van der Waals surface area contributed by atoms with Gasteiger partial charge in [-0.25, -0.2) is 0 Å². The standard InChI is InChI=1S/C9H13N3O3/c1-9(2,8(14)15)7(13)11-6-4-5-10-12(6)3/h4-5H,1-3H3,(H,11,13)(H,14,15). The third kappa shape index (κ3) is 2.15. The molecule has 0 fully saturated rings. The summed E-state index contributed by atoms with van der Waals surface area (Å²) in [5.41, 5.74) is -1.45. The lowest BCUT2D eigenvalue weighted by atomic mass is 9.93. The number of anilines is 1. The summed E-state index contributed by atoms with van der Waals surface area (Å²) in [6, 6.07) is 1.59. The van der Waals surface area contributed by atoms with Crippen molar-refractivity contribution in [3.63, 3.8) is 0 Å². The van der Waals surface area contributed by atoms with E-state index in [4.69, 9.17) is 5.11 Å². The summed E-state index contributed by atoms with van der Waals surface area (Å²) in [7, 11) is 1.66. The van der Waals surface area contributed by atoms with E-state index in [1.54, 1.807) is 13.1 Å². The molecule has 0 spiro atoms. The van der Waals surface area contributed by atoms with Crippen molar-refractivity contribution in [2.75, 3.05) is 5.32 Å². The lowest BCUT2D eigenvalue weighted by Crippen LogP contribution is -2.38. The Bertz CT molecular complexity index is 395. The number of rotatable bonds is 3. The van der Waals surface area contributed by atoms with E-state index in [2.05, 4.69) is 10.4 Å². The van der Waals surface area contributed by atoms with Crippen LogP contribution in [-0.2, 0) is 16.6 Å². The van der Waals surface area contributed by atoms with Gasteiger partial charge in [0.1, 0.15) is 11.2 Å². The van der Waals surface area contributed by atoms with Crippen molar-refractivity contribution in [3.8, 4) is 0 Å². The highest BCUT2D eigenvalue weighted by atomic mass is 16.4. The summed E-state index contributed by atoms with van der Waals surface area (Å²) in [6.45, 7) is 2.70. The maximum Gasteiger partial charge on any atom is 0.318 e. The molecule has 0 saturated carbocycles. The van der Waals surface area contributed by atoms with E-state index < -0.39 is 17.3 Å². The van der Waals surface area contributed by atoms with Crippen LogP contribution >= 0.6 is 0 Å². The van der Waals surface area contributed by atoms with Crippen LogP contribution in [0.4, 0.5) is 5.82 Å². The fourth-order valence-corrected chi connectivity index (χ4v) is 0.866. The van der Waals surface area contributed by atoms with Crippen LogP contribution in [0.3, 0.4) is 0 Å². The first-order chi connectivity index (χ1) is 6.85. The van der Waals surface area contributed by atoms with Gasteiger partial charge in [-0.2, -0.15) is 5.10 Å².